The average molecular weight is 265 g/mol. The molecule has 1 rings (SSSR count). The average Bonchev–Trinajstić information content (AvgIpc) is 2.39. The third-order valence-corrected chi connectivity index (χ3v) is 3.31. The molecular formula is C15H27N3O. The van der Waals surface area contributed by atoms with E-state index in [-0.39, 0.29) is 0 Å². The maximum Gasteiger partial charge on any atom is 0.162 e. The van der Waals surface area contributed by atoms with Crippen molar-refractivity contribution >= 4 is 5.82 Å². The van der Waals surface area contributed by atoms with Crippen LogP contribution in [0.3, 0.4) is 0 Å². The van der Waals surface area contributed by atoms with E-state index in [0.717, 1.165) is 30.3 Å². The molecule has 0 fully saturated rings. The van der Waals surface area contributed by atoms with E-state index in [4.69, 9.17) is 9.72 Å². The predicted molar refractivity (Wildman–Crippen MR) is 79.6 cm³/mol. The van der Waals surface area contributed by atoms with Gasteiger partial charge in [-0.05, 0) is 33.1 Å². The van der Waals surface area contributed by atoms with Crippen LogP contribution in [0.5, 0.6) is 0 Å². The maximum atomic E-state index is 5.88. The quantitative estimate of drug-likeness (QED) is 0.816. The summed E-state index contributed by atoms with van der Waals surface area (Å²) in [7, 11) is 0. The molecule has 0 saturated carbocycles. The van der Waals surface area contributed by atoms with Crippen LogP contribution in [0.15, 0.2) is 6.07 Å². The fourth-order valence-electron chi connectivity index (χ4n) is 1.91. The smallest absolute Gasteiger partial charge is 0.162 e. The van der Waals surface area contributed by atoms with Gasteiger partial charge in [-0.3, -0.25) is 0 Å². The Balaban J connectivity index is 3.24. The summed E-state index contributed by atoms with van der Waals surface area (Å²) in [6, 6.07) is 2.03. The molecule has 0 bridgehead atoms. The van der Waals surface area contributed by atoms with Crippen molar-refractivity contribution in [3.05, 3.63) is 17.6 Å². The summed E-state index contributed by atoms with van der Waals surface area (Å²) in [5, 5.41) is 3.27. The van der Waals surface area contributed by atoms with Crippen molar-refractivity contribution in [3.8, 4) is 0 Å². The number of anilines is 1. The highest BCUT2D eigenvalue weighted by atomic mass is 16.5. The second-order valence-electron chi connectivity index (χ2n) is 5.20. The third kappa shape index (κ3) is 3.90. The summed E-state index contributed by atoms with van der Waals surface area (Å²) in [4.78, 5) is 9.32. The minimum absolute atomic E-state index is 0.377. The lowest BCUT2D eigenvalue weighted by Gasteiger charge is -2.27. The highest BCUT2D eigenvalue weighted by Gasteiger charge is 2.29. The molecule has 0 saturated heterocycles. The number of nitrogens with one attached hydrogen (secondary N) is 1. The third-order valence-electron chi connectivity index (χ3n) is 3.31. The maximum absolute atomic E-state index is 5.88. The Morgan fingerprint density at radius 2 is 1.95 bits per heavy atom. The minimum Gasteiger partial charge on any atom is -0.370 e. The Kier molecular flexibility index (Phi) is 5.73. The van der Waals surface area contributed by atoms with Crippen LogP contribution >= 0.6 is 0 Å². The zero-order valence-electron chi connectivity index (χ0n) is 13.1. The first kappa shape index (κ1) is 15.9. The van der Waals surface area contributed by atoms with Crippen LogP contribution in [0.2, 0.25) is 0 Å². The number of nitrogens with zero attached hydrogens (tertiary/aromatic N) is 2. The van der Waals surface area contributed by atoms with Crippen molar-refractivity contribution in [1.29, 1.82) is 0 Å². The highest BCUT2D eigenvalue weighted by molar-refractivity contribution is 5.37. The zero-order valence-corrected chi connectivity index (χ0v) is 13.1. The molecule has 0 spiro atoms. The van der Waals surface area contributed by atoms with Crippen LogP contribution in [0.1, 0.15) is 65.4 Å². The molecule has 4 heteroatoms. The standard InChI is InChI=1S/C15H27N3O/c1-7-15(6,19-9-3)14-17-12(11(4)5)10-13(18-14)16-8-2/h10-11H,7-9H2,1-6H3,(H,16,17,18). The second kappa shape index (κ2) is 6.85. The molecule has 108 valence electrons. The topological polar surface area (TPSA) is 47.0 Å². The molecule has 1 atom stereocenters. The number of hydrogen-bond donors (Lipinski definition) is 1. The van der Waals surface area contributed by atoms with Gasteiger partial charge in [-0.25, -0.2) is 9.97 Å². The van der Waals surface area contributed by atoms with Gasteiger partial charge in [-0.2, -0.15) is 0 Å². The van der Waals surface area contributed by atoms with E-state index in [1.807, 2.05) is 13.0 Å². The molecule has 1 unspecified atom stereocenters. The number of ether oxygens (including phenoxy) is 1. The largest absolute Gasteiger partial charge is 0.370 e. The monoisotopic (exact) mass is 265 g/mol. The predicted octanol–water partition coefficient (Wildman–Crippen LogP) is 3.69. The Morgan fingerprint density at radius 1 is 1.26 bits per heavy atom. The lowest BCUT2D eigenvalue weighted by atomic mass is 10.0. The summed E-state index contributed by atoms with van der Waals surface area (Å²) in [5.41, 5.74) is 0.643. The van der Waals surface area contributed by atoms with Crippen molar-refractivity contribution in [2.24, 2.45) is 0 Å². The summed E-state index contributed by atoms with van der Waals surface area (Å²) in [6.07, 6.45) is 0.855. The van der Waals surface area contributed by atoms with Gasteiger partial charge in [0.05, 0.1) is 0 Å². The van der Waals surface area contributed by atoms with Gasteiger partial charge < -0.3 is 10.1 Å². The van der Waals surface area contributed by atoms with Gasteiger partial charge in [-0.1, -0.05) is 20.8 Å². The van der Waals surface area contributed by atoms with E-state index >= 15 is 0 Å². The van der Waals surface area contributed by atoms with Crippen LogP contribution in [-0.2, 0) is 10.3 Å². The molecule has 0 aliphatic heterocycles. The van der Waals surface area contributed by atoms with Crippen molar-refractivity contribution in [2.45, 2.75) is 59.5 Å². The molecule has 1 N–H and O–H groups in total. The van der Waals surface area contributed by atoms with Crippen LogP contribution in [0.25, 0.3) is 0 Å². The zero-order chi connectivity index (χ0) is 14.5. The Bertz CT molecular complexity index is 406. The van der Waals surface area contributed by atoms with Crippen LogP contribution in [0, 0.1) is 0 Å². The van der Waals surface area contributed by atoms with E-state index in [1.54, 1.807) is 0 Å². The summed E-state index contributed by atoms with van der Waals surface area (Å²) >= 11 is 0. The fraction of sp³-hybridized carbons (Fsp3) is 0.733. The molecule has 19 heavy (non-hydrogen) atoms. The first-order valence-electron chi connectivity index (χ1n) is 7.24. The molecule has 0 amide bonds. The van der Waals surface area contributed by atoms with Crippen molar-refractivity contribution < 1.29 is 4.74 Å². The number of rotatable bonds is 7. The van der Waals surface area contributed by atoms with Gasteiger partial charge in [0.15, 0.2) is 5.82 Å². The molecule has 1 aromatic rings. The first-order chi connectivity index (χ1) is 8.96. The molecule has 1 heterocycles. The van der Waals surface area contributed by atoms with Gasteiger partial charge >= 0.3 is 0 Å². The molecule has 0 aliphatic rings. The van der Waals surface area contributed by atoms with E-state index in [2.05, 4.69) is 44.9 Å². The van der Waals surface area contributed by atoms with E-state index in [9.17, 15) is 0 Å². The van der Waals surface area contributed by atoms with E-state index in [0.29, 0.717) is 12.5 Å². The highest BCUT2D eigenvalue weighted by Crippen LogP contribution is 2.28. The van der Waals surface area contributed by atoms with Gasteiger partial charge in [0.1, 0.15) is 11.4 Å². The molecule has 0 aliphatic carbocycles. The fourth-order valence-corrected chi connectivity index (χ4v) is 1.91. The van der Waals surface area contributed by atoms with Crippen LogP contribution in [0.4, 0.5) is 5.82 Å². The second-order valence-corrected chi connectivity index (χ2v) is 5.20. The summed E-state index contributed by atoms with van der Waals surface area (Å²) < 4.78 is 5.88. The SMILES string of the molecule is CCNc1cc(C(C)C)nc(C(C)(CC)OCC)n1. The van der Waals surface area contributed by atoms with E-state index in [1.165, 1.54) is 0 Å². The summed E-state index contributed by atoms with van der Waals surface area (Å²) in [6.45, 7) is 14.0. The Morgan fingerprint density at radius 3 is 2.42 bits per heavy atom. The van der Waals surface area contributed by atoms with Crippen molar-refractivity contribution in [1.82, 2.24) is 9.97 Å². The van der Waals surface area contributed by atoms with Crippen LogP contribution in [-0.4, -0.2) is 23.1 Å². The van der Waals surface area contributed by atoms with Crippen molar-refractivity contribution in [2.75, 3.05) is 18.5 Å². The Hall–Kier alpha value is -1.16. The molecule has 4 nitrogen and oxygen atoms in total. The summed E-state index contributed by atoms with van der Waals surface area (Å²) in [5.74, 6) is 2.04. The lowest BCUT2D eigenvalue weighted by molar-refractivity contribution is -0.0391. The molecule has 1 aromatic heterocycles. The molecule has 0 aromatic carbocycles. The molecule has 0 radical (unpaired) electrons. The lowest BCUT2D eigenvalue weighted by Crippen LogP contribution is -2.29. The van der Waals surface area contributed by atoms with Gasteiger partial charge in [-0.15, -0.1) is 0 Å². The van der Waals surface area contributed by atoms with Gasteiger partial charge in [0.2, 0.25) is 0 Å². The van der Waals surface area contributed by atoms with E-state index < -0.39 is 5.60 Å². The van der Waals surface area contributed by atoms with Gasteiger partial charge in [0, 0.05) is 24.9 Å². The number of hydrogen-bond acceptors (Lipinski definition) is 4. The van der Waals surface area contributed by atoms with Crippen molar-refractivity contribution in [3.63, 3.8) is 0 Å². The number of aromatic nitrogens is 2. The normalized spacial score (nSPS) is 14.5. The Labute approximate surface area is 117 Å². The first-order valence-corrected chi connectivity index (χ1v) is 7.24. The molecular weight excluding hydrogens is 238 g/mol. The minimum atomic E-state index is -0.413. The van der Waals surface area contributed by atoms with Crippen LogP contribution < -0.4 is 5.32 Å². The van der Waals surface area contributed by atoms with Gasteiger partial charge in [0.25, 0.3) is 0 Å².